The quantitative estimate of drug-likeness (QED) is 0.244. The van der Waals surface area contributed by atoms with Crippen LogP contribution in [0.4, 0.5) is 0 Å². The average molecular weight is 667 g/mol. The van der Waals surface area contributed by atoms with Gasteiger partial charge in [0.05, 0.1) is 0 Å². The van der Waals surface area contributed by atoms with Crippen LogP contribution in [0, 0.1) is 13.0 Å². The maximum atomic E-state index is 4.99. The molecule has 6 rings (SSSR count). The first-order chi connectivity index (χ1) is 18.4. The van der Waals surface area contributed by atoms with Crippen molar-refractivity contribution in [2.75, 3.05) is 0 Å². The Balaban J connectivity index is 0.000000246. The van der Waals surface area contributed by atoms with E-state index in [1.807, 2.05) is 6.07 Å². The third kappa shape index (κ3) is 9.45. The summed E-state index contributed by atoms with van der Waals surface area (Å²) in [6, 6.07) is 23.4. The molecule has 4 aromatic rings. The summed E-state index contributed by atoms with van der Waals surface area (Å²) in [4.78, 5) is 0. The summed E-state index contributed by atoms with van der Waals surface area (Å²) in [7, 11) is 0. The number of rotatable bonds is 1. The van der Waals surface area contributed by atoms with Gasteiger partial charge in [0.2, 0.25) is 0 Å². The van der Waals surface area contributed by atoms with Gasteiger partial charge in [0.25, 0.3) is 0 Å². The molecule has 41 heavy (non-hydrogen) atoms. The summed E-state index contributed by atoms with van der Waals surface area (Å²) in [6.45, 7) is 15.7. The molecule has 1 fully saturated rings. The number of aryl methyl sites for hydroxylation is 1. The van der Waals surface area contributed by atoms with Crippen LogP contribution < -0.4 is 24.8 Å². The number of hydrogen-bond donors (Lipinski definition) is 0. The molecular weight excluding hydrogens is 623 g/mol. The Kier molecular flexibility index (Phi) is 13.2. The fourth-order valence-electron chi connectivity index (χ4n) is 5.26. The number of fused-ring (bicyclic) bond motifs is 3. The van der Waals surface area contributed by atoms with Crippen LogP contribution in [0.25, 0.3) is 22.3 Å². The van der Waals surface area contributed by atoms with E-state index in [9.17, 15) is 0 Å². The van der Waals surface area contributed by atoms with Crippen molar-refractivity contribution >= 4 is 3.21 Å². The zero-order valence-corrected chi connectivity index (χ0v) is 29.7. The van der Waals surface area contributed by atoms with E-state index in [1.165, 1.54) is 76.6 Å². The van der Waals surface area contributed by atoms with E-state index in [4.69, 9.17) is 4.42 Å². The topological polar surface area (TPSA) is 13.1 Å². The van der Waals surface area contributed by atoms with Gasteiger partial charge in [-0.3, -0.25) is 0 Å². The van der Waals surface area contributed by atoms with Gasteiger partial charge in [0, 0.05) is 12.5 Å². The van der Waals surface area contributed by atoms with Crippen molar-refractivity contribution in [3.8, 4) is 22.3 Å². The van der Waals surface area contributed by atoms with Gasteiger partial charge in [0.15, 0.2) is 0 Å². The first-order valence-corrected chi connectivity index (χ1v) is 15.7. The first kappa shape index (κ1) is 35.6. The Labute approximate surface area is 276 Å². The van der Waals surface area contributed by atoms with Gasteiger partial charge in [-0.05, 0) is 28.4 Å². The zero-order valence-electron chi connectivity index (χ0n) is 25.8. The summed E-state index contributed by atoms with van der Waals surface area (Å²) >= 11 is 1.69. The van der Waals surface area contributed by atoms with Gasteiger partial charge in [-0.15, -0.1) is 28.8 Å². The minimum atomic E-state index is 0. The Bertz CT molecular complexity index is 1330. The molecule has 1 saturated carbocycles. The van der Waals surface area contributed by atoms with E-state index in [1.54, 1.807) is 40.0 Å². The molecule has 4 heteroatoms. The molecule has 2 aliphatic carbocycles. The van der Waals surface area contributed by atoms with Gasteiger partial charge in [-0.1, -0.05) is 89.4 Å². The van der Waals surface area contributed by atoms with Crippen molar-refractivity contribution in [2.45, 2.75) is 97.8 Å². The SMILES string of the molecule is CC(C)(C)c1[c-]c2c(cc1)-c1ccc(C(C)(C)C)cc1C2.Cc1ccc[c-]1-c1ccoc1.[Cl-].[Cl-].[Zr+2]=[C]1CCCCC1. The van der Waals surface area contributed by atoms with Crippen LogP contribution in [0.1, 0.15) is 101 Å². The Morgan fingerprint density at radius 2 is 1.51 bits per heavy atom. The summed E-state index contributed by atoms with van der Waals surface area (Å²) in [5.41, 5.74) is 12.4. The third-order valence-corrected chi connectivity index (χ3v) is 9.02. The van der Waals surface area contributed by atoms with E-state index in [-0.39, 0.29) is 35.6 Å². The third-order valence-electron chi connectivity index (χ3n) is 7.79. The van der Waals surface area contributed by atoms with Gasteiger partial charge in [-0.2, -0.15) is 29.8 Å². The van der Waals surface area contributed by atoms with Crippen molar-refractivity contribution in [1.29, 1.82) is 0 Å². The molecule has 0 atom stereocenters. The molecule has 218 valence electrons. The van der Waals surface area contributed by atoms with Crippen molar-refractivity contribution < 1.29 is 53.5 Å². The Morgan fingerprint density at radius 3 is 2.02 bits per heavy atom. The molecule has 0 bridgehead atoms. The monoisotopic (exact) mass is 664 g/mol. The number of hydrogen-bond acceptors (Lipinski definition) is 1. The van der Waals surface area contributed by atoms with E-state index in [2.05, 4.69) is 103 Å². The fourth-order valence-corrected chi connectivity index (χ4v) is 6.13. The van der Waals surface area contributed by atoms with Crippen LogP contribution in [0.15, 0.2) is 71.5 Å². The van der Waals surface area contributed by atoms with Crippen molar-refractivity contribution in [1.82, 2.24) is 0 Å². The Morgan fingerprint density at radius 1 is 0.829 bits per heavy atom. The van der Waals surface area contributed by atoms with Crippen LogP contribution in [-0.4, -0.2) is 3.21 Å². The molecule has 0 radical (unpaired) electrons. The fraction of sp³-hybridized carbons (Fsp3) is 0.405. The number of furan rings is 1. The predicted octanol–water partition coefficient (Wildman–Crippen LogP) is 4.30. The van der Waals surface area contributed by atoms with E-state index >= 15 is 0 Å². The molecule has 2 aliphatic rings. The summed E-state index contributed by atoms with van der Waals surface area (Å²) < 4.78 is 6.80. The molecule has 1 aromatic heterocycles. The maximum absolute atomic E-state index is 4.99. The summed E-state index contributed by atoms with van der Waals surface area (Å²) in [5.74, 6) is 0. The van der Waals surface area contributed by atoms with E-state index in [0.717, 1.165) is 12.0 Å². The molecular formula is C37H44Cl2OZr-2. The van der Waals surface area contributed by atoms with Gasteiger partial charge in [-0.25, -0.2) is 0 Å². The molecule has 1 heterocycles. The average Bonchev–Trinajstić information content (AvgIpc) is 3.63. The van der Waals surface area contributed by atoms with Crippen LogP contribution >= 0.6 is 0 Å². The molecule has 0 unspecified atom stereocenters. The number of benzene rings is 2. The van der Waals surface area contributed by atoms with Crippen molar-refractivity contribution in [3.05, 3.63) is 101 Å². The predicted molar refractivity (Wildman–Crippen MR) is 163 cm³/mol. The van der Waals surface area contributed by atoms with Crippen LogP contribution in [-0.2, 0) is 41.5 Å². The second kappa shape index (κ2) is 15.2. The standard InChI is InChI=1S/C21H25.C10H9O.C6H10.2ClH.Zr/c1-20(2,3)16-7-9-18-14(12-16)11-15-13-17(21(4,5)6)8-10-19(15)18;1-8-3-2-4-10(8)9-5-6-11-7-9;1-2-4-6-5-3-1;;;/h7-10,12H,11H2,1-6H3;2-7H,1H3;1-5H2;2*1H;/q2*-1;;;;+2/p-2. The first-order valence-electron chi connectivity index (χ1n) is 14.4. The number of halogens is 2. The van der Waals surface area contributed by atoms with Gasteiger partial charge >= 0.3 is 59.5 Å². The molecule has 0 aliphatic heterocycles. The minimum absolute atomic E-state index is 0. The summed E-state index contributed by atoms with van der Waals surface area (Å²) in [5, 5.41) is 0. The Hall–Kier alpha value is -1.60. The molecule has 0 amide bonds. The molecule has 0 spiro atoms. The van der Waals surface area contributed by atoms with Crippen LogP contribution in [0.3, 0.4) is 0 Å². The van der Waals surface area contributed by atoms with Crippen LogP contribution in [0.5, 0.6) is 0 Å². The molecule has 1 nitrogen and oxygen atoms in total. The van der Waals surface area contributed by atoms with E-state index < -0.39 is 0 Å². The normalized spacial score (nSPS) is 13.8. The molecule has 0 saturated heterocycles. The molecule has 3 aromatic carbocycles. The van der Waals surface area contributed by atoms with Gasteiger partial charge in [0.1, 0.15) is 0 Å². The van der Waals surface area contributed by atoms with Crippen molar-refractivity contribution in [3.63, 3.8) is 0 Å². The van der Waals surface area contributed by atoms with Crippen molar-refractivity contribution in [2.24, 2.45) is 0 Å². The van der Waals surface area contributed by atoms with E-state index in [0.29, 0.717) is 0 Å². The van der Waals surface area contributed by atoms with Crippen LogP contribution in [0.2, 0.25) is 0 Å². The zero-order chi connectivity index (χ0) is 28.2. The molecule has 0 N–H and O–H groups in total. The summed E-state index contributed by atoms with van der Waals surface area (Å²) in [6.07, 6.45) is 11.8. The second-order valence-electron chi connectivity index (χ2n) is 13.1. The van der Waals surface area contributed by atoms with Gasteiger partial charge < -0.3 is 29.2 Å². The second-order valence-corrected chi connectivity index (χ2v) is 14.8.